The largest absolute Gasteiger partial charge is 0.234 e. The minimum absolute atomic E-state index is 0.520. The third-order valence-electron chi connectivity index (χ3n) is 3.90. The van der Waals surface area contributed by atoms with E-state index in [1.807, 2.05) is 0 Å². The monoisotopic (exact) mass is 223 g/mol. The predicted molar refractivity (Wildman–Crippen MR) is 67.2 cm³/mol. The van der Waals surface area contributed by atoms with Gasteiger partial charge in [-0.1, -0.05) is 33.6 Å². The van der Waals surface area contributed by atoms with Crippen LogP contribution in [0.4, 0.5) is 0 Å². The summed E-state index contributed by atoms with van der Waals surface area (Å²) < 4.78 is 0. The van der Waals surface area contributed by atoms with Gasteiger partial charge in [0.2, 0.25) is 6.08 Å². The fourth-order valence-corrected chi connectivity index (χ4v) is 3.33. The second kappa shape index (κ2) is 5.63. The topological polar surface area (TPSA) is 29.4 Å². The summed E-state index contributed by atoms with van der Waals surface area (Å²) in [4.78, 5) is 13.5. The third-order valence-corrected chi connectivity index (χ3v) is 3.90. The summed E-state index contributed by atoms with van der Waals surface area (Å²) in [7, 11) is 0. The van der Waals surface area contributed by atoms with Gasteiger partial charge in [0, 0.05) is 0 Å². The first-order valence-corrected chi connectivity index (χ1v) is 6.51. The van der Waals surface area contributed by atoms with Gasteiger partial charge in [-0.25, -0.2) is 9.79 Å². The van der Waals surface area contributed by atoms with Crippen LogP contribution >= 0.6 is 0 Å². The molecule has 0 amide bonds. The van der Waals surface area contributed by atoms with E-state index in [0.717, 1.165) is 6.42 Å². The van der Waals surface area contributed by atoms with Crippen LogP contribution in [0.25, 0.3) is 0 Å². The van der Waals surface area contributed by atoms with E-state index in [0.29, 0.717) is 17.4 Å². The van der Waals surface area contributed by atoms with Gasteiger partial charge in [-0.05, 0) is 42.9 Å². The molecule has 0 aromatic carbocycles. The smallest absolute Gasteiger partial charge is 0.211 e. The Hall–Kier alpha value is -0.620. The van der Waals surface area contributed by atoms with Crippen LogP contribution in [-0.2, 0) is 4.79 Å². The molecule has 0 aromatic heterocycles. The molecular formula is C14H25NO. The fourth-order valence-electron chi connectivity index (χ4n) is 3.33. The van der Waals surface area contributed by atoms with Gasteiger partial charge in [-0.2, -0.15) is 0 Å². The first kappa shape index (κ1) is 13.4. The fraction of sp³-hybridized carbons (Fsp3) is 0.929. The van der Waals surface area contributed by atoms with E-state index in [9.17, 15) is 4.79 Å². The van der Waals surface area contributed by atoms with Crippen LogP contribution < -0.4 is 0 Å². The Morgan fingerprint density at radius 2 is 1.94 bits per heavy atom. The van der Waals surface area contributed by atoms with Crippen molar-refractivity contribution >= 4 is 6.08 Å². The third kappa shape index (κ3) is 4.49. The normalized spacial score (nSPS) is 28.4. The lowest BCUT2D eigenvalue weighted by Gasteiger charge is -2.43. The minimum atomic E-state index is 0.520. The molecule has 1 aliphatic carbocycles. The standard InChI is InChI=1S/C14H25NO/c1-13(2)7-6-9-14(3,11-13)8-4-5-10-15-12-16/h4-11H2,1-3H3. The lowest BCUT2D eigenvalue weighted by Crippen LogP contribution is -2.30. The van der Waals surface area contributed by atoms with E-state index in [4.69, 9.17) is 0 Å². The van der Waals surface area contributed by atoms with Crippen LogP contribution in [0.1, 0.15) is 65.7 Å². The summed E-state index contributed by atoms with van der Waals surface area (Å²) in [5.74, 6) is 0. The van der Waals surface area contributed by atoms with Gasteiger partial charge in [0.1, 0.15) is 0 Å². The van der Waals surface area contributed by atoms with Gasteiger partial charge in [0.05, 0.1) is 6.54 Å². The molecule has 16 heavy (non-hydrogen) atoms. The first-order valence-electron chi connectivity index (χ1n) is 6.51. The number of carbonyl (C=O) groups excluding carboxylic acids is 1. The van der Waals surface area contributed by atoms with Crippen LogP contribution in [0.5, 0.6) is 0 Å². The maximum atomic E-state index is 9.93. The summed E-state index contributed by atoms with van der Waals surface area (Å²) in [5.41, 5.74) is 1.04. The molecule has 1 unspecified atom stereocenters. The van der Waals surface area contributed by atoms with E-state index < -0.39 is 0 Å². The van der Waals surface area contributed by atoms with Crippen molar-refractivity contribution in [2.24, 2.45) is 15.8 Å². The Morgan fingerprint density at radius 1 is 1.19 bits per heavy atom. The first-order chi connectivity index (χ1) is 7.47. The highest BCUT2D eigenvalue weighted by molar-refractivity contribution is 5.32. The lowest BCUT2D eigenvalue weighted by molar-refractivity contribution is 0.0888. The average Bonchev–Trinajstić information content (AvgIpc) is 2.15. The molecule has 1 atom stereocenters. The molecule has 92 valence electrons. The van der Waals surface area contributed by atoms with Crippen LogP contribution in [0.3, 0.4) is 0 Å². The molecule has 0 heterocycles. The second-order valence-corrected chi connectivity index (χ2v) is 6.44. The highest BCUT2D eigenvalue weighted by atomic mass is 16.1. The maximum Gasteiger partial charge on any atom is 0.234 e. The Morgan fingerprint density at radius 3 is 2.56 bits per heavy atom. The summed E-state index contributed by atoms with van der Waals surface area (Å²) in [5, 5.41) is 0. The number of aliphatic imine (C=N–C) groups is 1. The number of unbranched alkanes of at least 4 members (excludes halogenated alkanes) is 1. The molecule has 1 aliphatic rings. The van der Waals surface area contributed by atoms with Crippen molar-refractivity contribution in [2.45, 2.75) is 65.7 Å². The zero-order valence-electron chi connectivity index (χ0n) is 11.0. The van der Waals surface area contributed by atoms with Crippen molar-refractivity contribution in [1.29, 1.82) is 0 Å². The molecule has 0 aliphatic heterocycles. The van der Waals surface area contributed by atoms with E-state index in [1.165, 1.54) is 38.5 Å². The molecule has 0 spiro atoms. The zero-order chi connectivity index (χ0) is 12.1. The zero-order valence-corrected chi connectivity index (χ0v) is 11.0. The highest BCUT2D eigenvalue weighted by Gasteiger charge is 2.35. The SMILES string of the molecule is CC1(C)CCCC(C)(CCCCN=C=O)C1. The molecule has 0 saturated heterocycles. The van der Waals surface area contributed by atoms with Crippen molar-refractivity contribution in [2.75, 3.05) is 6.54 Å². The average molecular weight is 223 g/mol. The molecule has 1 saturated carbocycles. The van der Waals surface area contributed by atoms with Crippen molar-refractivity contribution in [3.05, 3.63) is 0 Å². The van der Waals surface area contributed by atoms with Crippen LogP contribution in [0.2, 0.25) is 0 Å². The Bertz CT molecular complexity index is 266. The summed E-state index contributed by atoms with van der Waals surface area (Å²) in [6.45, 7) is 7.86. The van der Waals surface area contributed by atoms with E-state index in [2.05, 4.69) is 25.8 Å². The highest BCUT2D eigenvalue weighted by Crippen LogP contribution is 2.48. The van der Waals surface area contributed by atoms with Crippen molar-refractivity contribution < 1.29 is 4.79 Å². The molecule has 0 N–H and O–H groups in total. The Kier molecular flexibility index (Phi) is 4.73. The molecule has 2 heteroatoms. The summed E-state index contributed by atoms with van der Waals surface area (Å²) in [6, 6.07) is 0. The molecule has 0 radical (unpaired) electrons. The van der Waals surface area contributed by atoms with Crippen molar-refractivity contribution in [1.82, 2.24) is 0 Å². The predicted octanol–water partition coefficient (Wildman–Crippen LogP) is 4.10. The van der Waals surface area contributed by atoms with Crippen molar-refractivity contribution in [3.63, 3.8) is 0 Å². The van der Waals surface area contributed by atoms with Gasteiger partial charge in [0.15, 0.2) is 0 Å². The van der Waals surface area contributed by atoms with E-state index in [1.54, 1.807) is 6.08 Å². The lowest BCUT2D eigenvalue weighted by atomic mass is 9.63. The molecule has 0 bridgehead atoms. The molecule has 1 rings (SSSR count). The van der Waals surface area contributed by atoms with Crippen LogP contribution in [0, 0.1) is 10.8 Å². The van der Waals surface area contributed by atoms with Crippen molar-refractivity contribution in [3.8, 4) is 0 Å². The number of nitrogens with zero attached hydrogens (tertiary/aromatic N) is 1. The van der Waals surface area contributed by atoms with Gasteiger partial charge >= 0.3 is 0 Å². The van der Waals surface area contributed by atoms with E-state index >= 15 is 0 Å². The maximum absolute atomic E-state index is 9.93. The van der Waals surface area contributed by atoms with Gasteiger partial charge in [0.25, 0.3) is 0 Å². The molecular weight excluding hydrogens is 198 g/mol. The molecule has 2 nitrogen and oxygen atoms in total. The number of hydrogen-bond donors (Lipinski definition) is 0. The second-order valence-electron chi connectivity index (χ2n) is 6.44. The van der Waals surface area contributed by atoms with Crippen LogP contribution in [-0.4, -0.2) is 12.6 Å². The van der Waals surface area contributed by atoms with Gasteiger partial charge in [-0.3, -0.25) is 0 Å². The molecule has 1 fully saturated rings. The van der Waals surface area contributed by atoms with Gasteiger partial charge in [-0.15, -0.1) is 0 Å². The number of isocyanates is 1. The molecule has 0 aromatic rings. The minimum Gasteiger partial charge on any atom is -0.211 e. The quantitative estimate of drug-likeness (QED) is 0.392. The number of hydrogen-bond acceptors (Lipinski definition) is 2. The Balaban J connectivity index is 2.31. The Labute approximate surface area is 99.5 Å². The summed E-state index contributed by atoms with van der Waals surface area (Å²) in [6.07, 6.45) is 10.6. The van der Waals surface area contributed by atoms with Crippen LogP contribution in [0.15, 0.2) is 4.99 Å². The van der Waals surface area contributed by atoms with Gasteiger partial charge < -0.3 is 0 Å². The summed E-state index contributed by atoms with van der Waals surface area (Å²) >= 11 is 0. The number of rotatable bonds is 5. The van der Waals surface area contributed by atoms with E-state index in [-0.39, 0.29) is 0 Å².